The van der Waals surface area contributed by atoms with Gasteiger partial charge in [0, 0.05) is 23.2 Å². The fourth-order valence-corrected chi connectivity index (χ4v) is 4.51. The van der Waals surface area contributed by atoms with Gasteiger partial charge in [0.05, 0.1) is 18.8 Å². The summed E-state index contributed by atoms with van der Waals surface area (Å²) >= 11 is 3.44. The van der Waals surface area contributed by atoms with Crippen molar-refractivity contribution in [2.45, 2.75) is 32.3 Å². The molecule has 6 nitrogen and oxygen atoms in total. The van der Waals surface area contributed by atoms with E-state index in [2.05, 4.69) is 21.2 Å². The summed E-state index contributed by atoms with van der Waals surface area (Å²) in [6.07, 6.45) is 2.64. The van der Waals surface area contributed by atoms with Crippen molar-refractivity contribution >= 4 is 39.1 Å². The Kier molecular flexibility index (Phi) is 6.27. The summed E-state index contributed by atoms with van der Waals surface area (Å²) in [5, 5.41) is 2.99. The van der Waals surface area contributed by atoms with Crippen LogP contribution in [0.3, 0.4) is 0 Å². The molecular formula is C23H26BrN3O3. The molecular weight excluding hydrogens is 446 g/mol. The van der Waals surface area contributed by atoms with Crippen LogP contribution >= 0.6 is 15.9 Å². The average Bonchev–Trinajstić information content (AvgIpc) is 2.75. The van der Waals surface area contributed by atoms with Crippen LogP contribution in [0.1, 0.15) is 24.8 Å². The quantitative estimate of drug-likeness (QED) is 0.732. The Morgan fingerprint density at radius 3 is 2.67 bits per heavy atom. The van der Waals surface area contributed by atoms with Crippen LogP contribution in [0, 0.1) is 6.92 Å². The van der Waals surface area contributed by atoms with Gasteiger partial charge in [0.2, 0.25) is 5.91 Å². The Bertz CT molecular complexity index is 943. The number of fused-ring (bicyclic) bond motifs is 1. The number of rotatable bonds is 4. The fourth-order valence-electron chi connectivity index (χ4n) is 4.03. The van der Waals surface area contributed by atoms with E-state index in [1.165, 1.54) is 6.42 Å². The Balaban J connectivity index is 1.49. The van der Waals surface area contributed by atoms with Crippen LogP contribution in [0.15, 0.2) is 46.9 Å². The van der Waals surface area contributed by atoms with Crippen molar-refractivity contribution in [3.63, 3.8) is 0 Å². The van der Waals surface area contributed by atoms with Crippen LogP contribution in [0.2, 0.25) is 0 Å². The van der Waals surface area contributed by atoms with E-state index < -0.39 is 6.10 Å². The SMILES string of the molecule is Cc1cc(Br)ccc1NC(=O)CN1CC(C(=O)N2CCCCC2)Oc2ccccc21. The molecule has 2 aromatic rings. The molecule has 1 atom stereocenters. The van der Waals surface area contributed by atoms with E-state index in [-0.39, 0.29) is 18.4 Å². The highest BCUT2D eigenvalue weighted by atomic mass is 79.9. The Labute approximate surface area is 185 Å². The molecule has 1 fully saturated rings. The van der Waals surface area contributed by atoms with E-state index in [4.69, 9.17) is 4.74 Å². The van der Waals surface area contributed by atoms with Gasteiger partial charge in [0.25, 0.3) is 5.91 Å². The molecule has 4 rings (SSSR count). The minimum Gasteiger partial charge on any atom is -0.477 e. The molecule has 2 aromatic carbocycles. The molecule has 2 aliphatic rings. The summed E-state index contributed by atoms with van der Waals surface area (Å²) in [7, 11) is 0. The molecule has 0 saturated carbocycles. The van der Waals surface area contributed by atoms with Crippen molar-refractivity contribution in [1.29, 1.82) is 0 Å². The number of aryl methyl sites for hydroxylation is 1. The molecule has 1 N–H and O–H groups in total. The number of nitrogens with zero attached hydrogens (tertiary/aromatic N) is 2. The average molecular weight is 472 g/mol. The summed E-state index contributed by atoms with van der Waals surface area (Å²) in [4.78, 5) is 29.7. The molecule has 30 heavy (non-hydrogen) atoms. The van der Waals surface area contributed by atoms with Gasteiger partial charge in [-0.25, -0.2) is 0 Å². The number of piperidine rings is 1. The first-order valence-electron chi connectivity index (χ1n) is 10.4. The number of carbonyl (C=O) groups is 2. The van der Waals surface area contributed by atoms with Crippen molar-refractivity contribution in [2.24, 2.45) is 0 Å². The fraction of sp³-hybridized carbons (Fsp3) is 0.391. The molecule has 158 valence electrons. The molecule has 1 saturated heterocycles. The number of carbonyl (C=O) groups excluding carboxylic acids is 2. The summed E-state index contributed by atoms with van der Waals surface area (Å²) in [5.74, 6) is 0.534. The van der Waals surface area contributed by atoms with Gasteiger partial charge in [-0.2, -0.15) is 0 Å². The number of ether oxygens (including phenoxy) is 1. The van der Waals surface area contributed by atoms with Gasteiger partial charge in [0.15, 0.2) is 6.10 Å². The minimum absolute atomic E-state index is 0.0124. The van der Waals surface area contributed by atoms with Crippen molar-refractivity contribution in [3.05, 3.63) is 52.5 Å². The van der Waals surface area contributed by atoms with Gasteiger partial charge in [0.1, 0.15) is 5.75 Å². The maximum Gasteiger partial charge on any atom is 0.265 e. The van der Waals surface area contributed by atoms with Gasteiger partial charge in [-0.05, 0) is 62.1 Å². The number of nitrogens with one attached hydrogen (secondary N) is 1. The lowest BCUT2D eigenvalue weighted by Crippen LogP contribution is -2.52. The second kappa shape index (κ2) is 9.08. The number of hydrogen-bond acceptors (Lipinski definition) is 4. The molecule has 0 radical (unpaired) electrons. The zero-order valence-electron chi connectivity index (χ0n) is 17.1. The highest BCUT2D eigenvalue weighted by Gasteiger charge is 2.34. The topological polar surface area (TPSA) is 61.9 Å². The van der Waals surface area contributed by atoms with Gasteiger partial charge in [-0.15, -0.1) is 0 Å². The molecule has 0 spiro atoms. The third-order valence-electron chi connectivity index (χ3n) is 5.60. The third kappa shape index (κ3) is 4.61. The number of amides is 2. The highest BCUT2D eigenvalue weighted by molar-refractivity contribution is 9.10. The molecule has 7 heteroatoms. The third-order valence-corrected chi connectivity index (χ3v) is 6.09. The summed E-state index contributed by atoms with van der Waals surface area (Å²) in [6.45, 7) is 4.03. The van der Waals surface area contributed by atoms with Gasteiger partial charge in [-0.3, -0.25) is 9.59 Å². The summed E-state index contributed by atoms with van der Waals surface area (Å²) in [6, 6.07) is 13.3. The van der Waals surface area contributed by atoms with Crippen molar-refractivity contribution < 1.29 is 14.3 Å². The zero-order chi connectivity index (χ0) is 21.1. The summed E-state index contributed by atoms with van der Waals surface area (Å²) < 4.78 is 7.01. The van der Waals surface area contributed by atoms with Crippen LogP contribution in [0.5, 0.6) is 5.75 Å². The molecule has 2 aliphatic heterocycles. The standard InChI is InChI=1S/C23H26BrN3O3/c1-16-13-17(24)9-10-18(16)25-22(28)15-27-14-21(23(29)26-11-5-2-6-12-26)30-20-8-4-3-7-19(20)27/h3-4,7-10,13,21H,2,5-6,11-12,14-15H2,1H3,(H,25,28). The number of para-hydroxylation sites is 2. The van der Waals surface area contributed by atoms with Gasteiger partial charge < -0.3 is 19.9 Å². The monoisotopic (exact) mass is 471 g/mol. The maximum atomic E-state index is 13.0. The zero-order valence-corrected chi connectivity index (χ0v) is 18.7. The highest BCUT2D eigenvalue weighted by Crippen LogP contribution is 2.33. The number of benzene rings is 2. The number of likely N-dealkylation sites (tertiary alicyclic amines) is 1. The normalized spacial score (nSPS) is 18.4. The van der Waals surface area contributed by atoms with Gasteiger partial charge >= 0.3 is 0 Å². The van der Waals surface area contributed by atoms with Crippen molar-refractivity contribution in [1.82, 2.24) is 4.90 Å². The smallest absolute Gasteiger partial charge is 0.265 e. The Morgan fingerprint density at radius 1 is 1.13 bits per heavy atom. The van der Waals surface area contributed by atoms with E-state index in [9.17, 15) is 9.59 Å². The minimum atomic E-state index is -0.597. The predicted molar refractivity (Wildman–Crippen MR) is 121 cm³/mol. The van der Waals surface area contributed by atoms with Crippen molar-refractivity contribution in [3.8, 4) is 5.75 Å². The maximum absolute atomic E-state index is 13.0. The first kappa shape index (κ1) is 20.7. The lowest BCUT2D eigenvalue weighted by molar-refractivity contribution is -0.139. The van der Waals surface area contributed by atoms with Crippen LogP contribution in [-0.4, -0.2) is 49.0 Å². The Hall–Kier alpha value is -2.54. The number of anilines is 2. The molecule has 2 amide bonds. The second-order valence-electron chi connectivity index (χ2n) is 7.85. The first-order chi connectivity index (χ1) is 14.5. The molecule has 0 bridgehead atoms. The van der Waals surface area contributed by atoms with Crippen LogP contribution in [0.25, 0.3) is 0 Å². The van der Waals surface area contributed by atoms with E-state index in [0.717, 1.165) is 47.3 Å². The summed E-state index contributed by atoms with van der Waals surface area (Å²) in [5.41, 5.74) is 2.60. The largest absolute Gasteiger partial charge is 0.477 e. The van der Waals surface area contributed by atoms with E-state index in [1.807, 2.05) is 59.2 Å². The molecule has 2 heterocycles. The van der Waals surface area contributed by atoms with Crippen molar-refractivity contribution in [2.75, 3.05) is 36.4 Å². The number of halogens is 1. The lowest BCUT2D eigenvalue weighted by atomic mass is 10.1. The lowest BCUT2D eigenvalue weighted by Gasteiger charge is -2.38. The van der Waals surface area contributed by atoms with Crippen LogP contribution in [-0.2, 0) is 9.59 Å². The molecule has 1 unspecified atom stereocenters. The van der Waals surface area contributed by atoms with Crippen LogP contribution < -0.4 is 15.0 Å². The number of hydrogen-bond donors (Lipinski definition) is 1. The second-order valence-corrected chi connectivity index (χ2v) is 8.76. The van der Waals surface area contributed by atoms with Gasteiger partial charge in [-0.1, -0.05) is 28.1 Å². The van der Waals surface area contributed by atoms with Crippen LogP contribution in [0.4, 0.5) is 11.4 Å². The molecule has 0 aliphatic carbocycles. The first-order valence-corrected chi connectivity index (χ1v) is 11.2. The Morgan fingerprint density at radius 2 is 1.90 bits per heavy atom. The molecule has 0 aromatic heterocycles. The van der Waals surface area contributed by atoms with E-state index >= 15 is 0 Å². The van der Waals surface area contributed by atoms with E-state index in [0.29, 0.717) is 12.3 Å². The van der Waals surface area contributed by atoms with E-state index in [1.54, 1.807) is 0 Å². The predicted octanol–water partition coefficient (Wildman–Crippen LogP) is 3.98.